The van der Waals surface area contributed by atoms with Crippen LogP contribution in [0.1, 0.15) is 26.5 Å². The number of benzene rings is 2. The molecule has 0 unspecified atom stereocenters. The predicted octanol–water partition coefficient (Wildman–Crippen LogP) is 4.95. The predicted molar refractivity (Wildman–Crippen MR) is 110 cm³/mol. The summed E-state index contributed by atoms with van der Waals surface area (Å²) in [4.78, 5) is 28.2. The molecule has 3 aromatic rings. The maximum Gasteiger partial charge on any atom is 0.270 e. The van der Waals surface area contributed by atoms with E-state index in [0.717, 1.165) is 16.1 Å². The molecular weight excluding hydrogens is 484 g/mol. The van der Waals surface area contributed by atoms with E-state index >= 15 is 0 Å². The fraction of sp³-hybridized carbons (Fsp3) is 0.111. The molecule has 27 heavy (non-hydrogen) atoms. The molecule has 0 saturated carbocycles. The van der Waals surface area contributed by atoms with E-state index in [0.29, 0.717) is 15.1 Å². The molecule has 0 fully saturated rings. The molecule has 0 bridgehead atoms. The number of hydrogen-bond donors (Lipinski definition) is 1. The Kier molecular flexibility index (Phi) is 5.80. The number of nitrogens with zero attached hydrogens (tertiary/aromatic N) is 2. The highest BCUT2D eigenvalue weighted by molar-refractivity contribution is 14.1. The SMILES string of the molecule is Cc1nc(NC(=O)c2cc([N+](=O)[O-])ccc2I)sc1Cc1ccc(F)cc1. The van der Waals surface area contributed by atoms with Crippen LogP contribution in [0.15, 0.2) is 42.5 Å². The monoisotopic (exact) mass is 497 g/mol. The first-order valence-electron chi connectivity index (χ1n) is 7.79. The van der Waals surface area contributed by atoms with Crippen molar-refractivity contribution in [2.75, 3.05) is 5.32 Å². The number of carbonyl (C=O) groups is 1. The molecule has 0 aliphatic rings. The Labute approximate surface area is 171 Å². The highest BCUT2D eigenvalue weighted by atomic mass is 127. The quantitative estimate of drug-likeness (QED) is 0.307. The molecule has 0 aliphatic heterocycles. The molecule has 0 saturated heterocycles. The van der Waals surface area contributed by atoms with Crippen LogP contribution in [0.2, 0.25) is 0 Å². The first-order valence-corrected chi connectivity index (χ1v) is 9.69. The van der Waals surface area contributed by atoms with Gasteiger partial charge in [-0.1, -0.05) is 12.1 Å². The van der Waals surface area contributed by atoms with E-state index in [4.69, 9.17) is 0 Å². The van der Waals surface area contributed by atoms with Gasteiger partial charge >= 0.3 is 0 Å². The topological polar surface area (TPSA) is 85.1 Å². The standard InChI is InChI=1S/C18H13FIN3O3S/c1-10-16(8-11-2-4-12(19)5-3-11)27-18(21-10)22-17(24)14-9-13(23(25)26)6-7-15(14)20/h2-7,9H,8H2,1H3,(H,21,22,24). The number of rotatable bonds is 5. The maximum absolute atomic E-state index is 13.0. The fourth-order valence-electron chi connectivity index (χ4n) is 2.40. The number of nitro groups is 1. The molecular formula is C18H13FIN3O3S. The van der Waals surface area contributed by atoms with Gasteiger partial charge in [0.2, 0.25) is 0 Å². The van der Waals surface area contributed by atoms with Crippen molar-refractivity contribution in [3.63, 3.8) is 0 Å². The van der Waals surface area contributed by atoms with Crippen LogP contribution < -0.4 is 5.32 Å². The number of nitro benzene ring substituents is 1. The largest absolute Gasteiger partial charge is 0.298 e. The number of thiazole rings is 1. The first kappa shape index (κ1) is 19.4. The van der Waals surface area contributed by atoms with Crippen molar-refractivity contribution >= 4 is 50.7 Å². The van der Waals surface area contributed by atoms with Gasteiger partial charge in [0.25, 0.3) is 11.6 Å². The molecule has 0 aliphatic carbocycles. The van der Waals surface area contributed by atoms with Gasteiger partial charge < -0.3 is 0 Å². The lowest BCUT2D eigenvalue weighted by molar-refractivity contribution is -0.384. The fourth-order valence-corrected chi connectivity index (χ4v) is 3.97. The minimum absolute atomic E-state index is 0.145. The highest BCUT2D eigenvalue weighted by Crippen LogP contribution is 2.27. The zero-order valence-corrected chi connectivity index (χ0v) is 17.0. The Balaban J connectivity index is 1.78. The smallest absolute Gasteiger partial charge is 0.270 e. The summed E-state index contributed by atoms with van der Waals surface area (Å²) in [6.45, 7) is 1.84. The number of aromatic nitrogens is 1. The molecule has 3 rings (SSSR count). The summed E-state index contributed by atoms with van der Waals surface area (Å²) in [5.41, 5.74) is 1.79. The van der Waals surface area contributed by atoms with Gasteiger partial charge in [0.05, 0.1) is 16.2 Å². The molecule has 0 radical (unpaired) electrons. The van der Waals surface area contributed by atoms with Crippen LogP contribution in [0.25, 0.3) is 0 Å². The molecule has 0 spiro atoms. The normalized spacial score (nSPS) is 10.6. The van der Waals surface area contributed by atoms with Gasteiger partial charge in [-0.25, -0.2) is 9.37 Å². The van der Waals surface area contributed by atoms with E-state index < -0.39 is 10.8 Å². The van der Waals surface area contributed by atoms with Crippen LogP contribution in [0.4, 0.5) is 15.2 Å². The number of non-ortho nitro benzene ring substituents is 1. The van der Waals surface area contributed by atoms with Crippen LogP contribution in [0.3, 0.4) is 0 Å². The Bertz CT molecular complexity index is 1020. The number of halogens is 2. The maximum atomic E-state index is 13.0. The van der Waals surface area contributed by atoms with Gasteiger partial charge in [0.15, 0.2) is 5.13 Å². The van der Waals surface area contributed by atoms with Crippen LogP contribution in [-0.2, 0) is 6.42 Å². The zero-order chi connectivity index (χ0) is 19.6. The van der Waals surface area contributed by atoms with Crippen molar-refractivity contribution < 1.29 is 14.1 Å². The van der Waals surface area contributed by atoms with Crippen LogP contribution >= 0.6 is 33.9 Å². The lowest BCUT2D eigenvalue weighted by atomic mass is 10.1. The zero-order valence-electron chi connectivity index (χ0n) is 14.0. The molecule has 9 heteroatoms. The van der Waals surface area contributed by atoms with Crippen LogP contribution in [-0.4, -0.2) is 15.8 Å². The van der Waals surface area contributed by atoms with Gasteiger partial charge in [-0.05, 0) is 53.3 Å². The minimum atomic E-state index is -0.540. The summed E-state index contributed by atoms with van der Waals surface area (Å²) in [5.74, 6) is -0.746. The average Bonchev–Trinajstić information content (AvgIpc) is 2.96. The second kappa shape index (κ2) is 8.09. The Morgan fingerprint density at radius 3 is 2.67 bits per heavy atom. The number of amides is 1. The summed E-state index contributed by atoms with van der Waals surface area (Å²) >= 11 is 3.28. The van der Waals surface area contributed by atoms with Crippen molar-refractivity contribution in [2.45, 2.75) is 13.3 Å². The summed E-state index contributed by atoms with van der Waals surface area (Å²) < 4.78 is 13.6. The number of aryl methyl sites for hydroxylation is 1. The van der Waals surface area contributed by atoms with E-state index in [2.05, 4.69) is 10.3 Å². The second-order valence-electron chi connectivity index (χ2n) is 5.71. The van der Waals surface area contributed by atoms with Crippen LogP contribution in [0, 0.1) is 26.4 Å². The molecule has 0 atom stereocenters. The van der Waals surface area contributed by atoms with Gasteiger partial charge in [-0.15, -0.1) is 11.3 Å². The third-order valence-electron chi connectivity index (χ3n) is 3.80. The van der Waals surface area contributed by atoms with E-state index in [9.17, 15) is 19.3 Å². The van der Waals surface area contributed by atoms with E-state index in [1.807, 2.05) is 29.5 Å². The molecule has 1 aromatic heterocycles. The van der Waals surface area contributed by atoms with Crippen LogP contribution in [0.5, 0.6) is 0 Å². The number of nitrogens with one attached hydrogen (secondary N) is 1. The van der Waals surface area contributed by atoms with E-state index in [1.54, 1.807) is 12.1 Å². The lowest BCUT2D eigenvalue weighted by Gasteiger charge is -2.04. The second-order valence-corrected chi connectivity index (χ2v) is 7.95. The van der Waals surface area contributed by atoms with E-state index in [1.165, 1.54) is 41.7 Å². The summed E-state index contributed by atoms with van der Waals surface area (Å²) in [5, 5.41) is 14.0. The lowest BCUT2D eigenvalue weighted by Crippen LogP contribution is -2.13. The first-order chi connectivity index (χ1) is 12.8. The molecule has 138 valence electrons. The van der Waals surface area contributed by atoms with Gasteiger partial charge in [-0.3, -0.25) is 20.2 Å². The minimum Gasteiger partial charge on any atom is -0.298 e. The van der Waals surface area contributed by atoms with Crippen molar-refractivity contribution in [3.05, 3.63) is 83.7 Å². The summed E-state index contributed by atoms with van der Waals surface area (Å²) in [6, 6.07) is 10.3. The van der Waals surface area contributed by atoms with Gasteiger partial charge in [-0.2, -0.15) is 0 Å². The number of hydrogen-bond acceptors (Lipinski definition) is 5. The molecule has 1 heterocycles. The third kappa shape index (κ3) is 4.66. The molecule has 1 amide bonds. The highest BCUT2D eigenvalue weighted by Gasteiger charge is 2.18. The van der Waals surface area contributed by atoms with Gasteiger partial charge in [0.1, 0.15) is 5.82 Å². The molecule has 2 aromatic carbocycles. The summed E-state index contributed by atoms with van der Waals surface area (Å²) in [7, 11) is 0. The van der Waals surface area contributed by atoms with E-state index in [-0.39, 0.29) is 17.1 Å². The number of carbonyl (C=O) groups excluding carboxylic acids is 1. The molecule has 6 nitrogen and oxygen atoms in total. The van der Waals surface area contributed by atoms with Crippen molar-refractivity contribution in [2.24, 2.45) is 0 Å². The van der Waals surface area contributed by atoms with Crippen molar-refractivity contribution in [3.8, 4) is 0 Å². The van der Waals surface area contributed by atoms with Gasteiger partial charge in [0, 0.05) is 27.0 Å². The Morgan fingerprint density at radius 1 is 1.30 bits per heavy atom. The Hall–Kier alpha value is -2.40. The van der Waals surface area contributed by atoms with Crippen molar-refractivity contribution in [1.82, 2.24) is 4.98 Å². The third-order valence-corrected chi connectivity index (χ3v) is 5.81. The number of anilines is 1. The average molecular weight is 497 g/mol. The summed E-state index contributed by atoms with van der Waals surface area (Å²) in [6.07, 6.45) is 0.577. The Morgan fingerprint density at radius 2 is 2.00 bits per heavy atom. The molecule has 1 N–H and O–H groups in total. The van der Waals surface area contributed by atoms with Crippen molar-refractivity contribution in [1.29, 1.82) is 0 Å².